The predicted molar refractivity (Wildman–Crippen MR) is 66.3 cm³/mol. The minimum Gasteiger partial charge on any atom is -0.316 e. The first-order chi connectivity index (χ1) is 8.22. The van der Waals surface area contributed by atoms with Gasteiger partial charge in [-0.2, -0.15) is 0 Å². The summed E-state index contributed by atoms with van der Waals surface area (Å²) in [5.74, 6) is 1.56. The van der Waals surface area contributed by atoms with Crippen molar-refractivity contribution < 1.29 is 4.39 Å². The molecule has 17 heavy (non-hydrogen) atoms. The van der Waals surface area contributed by atoms with E-state index in [4.69, 9.17) is 0 Å². The fourth-order valence-corrected chi connectivity index (χ4v) is 3.14. The number of likely N-dealkylation sites (tertiary alicyclic amines) is 1. The molecule has 0 amide bonds. The number of halogens is 1. The van der Waals surface area contributed by atoms with E-state index in [2.05, 4.69) is 10.2 Å². The topological polar surface area (TPSA) is 15.3 Å². The molecule has 0 aliphatic carbocycles. The second kappa shape index (κ2) is 4.39. The third-order valence-electron chi connectivity index (χ3n) is 4.09. The highest BCUT2D eigenvalue weighted by molar-refractivity contribution is 5.24. The molecule has 0 aromatic heterocycles. The zero-order valence-corrected chi connectivity index (χ0v) is 10.2. The van der Waals surface area contributed by atoms with Crippen molar-refractivity contribution in [1.29, 1.82) is 0 Å². The second-order valence-corrected chi connectivity index (χ2v) is 5.46. The zero-order valence-electron chi connectivity index (χ0n) is 10.2. The van der Waals surface area contributed by atoms with Gasteiger partial charge in [-0.3, -0.25) is 4.90 Å². The van der Waals surface area contributed by atoms with Gasteiger partial charge in [0.15, 0.2) is 0 Å². The molecule has 0 saturated carbocycles. The monoisotopic (exact) mass is 234 g/mol. The largest absolute Gasteiger partial charge is 0.316 e. The molecule has 2 atom stereocenters. The van der Waals surface area contributed by atoms with Crippen LogP contribution in [0.1, 0.15) is 11.1 Å². The van der Waals surface area contributed by atoms with E-state index in [1.165, 1.54) is 31.7 Å². The van der Waals surface area contributed by atoms with Crippen molar-refractivity contribution in [1.82, 2.24) is 10.2 Å². The number of nitrogens with zero attached hydrogens (tertiary/aromatic N) is 1. The quantitative estimate of drug-likeness (QED) is 0.839. The lowest BCUT2D eigenvalue weighted by Crippen LogP contribution is -2.25. The van der Waals surface area contributed by atoms with E-state index in [1.54, 1.807) is 6.07 Å². The summed E-state index contributed by atoms with van der Waals surface area (Å²) in [4.78, 5) is 2.50. The minimum absolute atomic E-state index is 0.101. The third-order valence-corrected chi connectivity index (χ3v) is 4.09. The fraction of sp³-hybridized carbons (Fsp3) is 0.571. The van der Waals surface area contributed by atoms with Crippen molar-refractivity contribution in [2.45, 2.75) is 13.5 Å². The van der Waals surface area contributed by atoms with Crippen LogP contribution in [0.5, 0.6) is 0 Å². The first-order valence-electron chi connectivity index (χ1n) is 6.40. The maximum Gasteiger partial charge on any atom is 0.126 e. The molecule has 1 aromatic rings. The van der Waals surface area contributed by atoms with Crippen LogP contribution in [0.15, 0.2) is 18.2 Å². The number of fused-ring (bicyclic) bond motifs is 1. The molecule has 92 valence electrons. The molecular weight excluding hydrogens is 215 g/mol. The Labute approximate surface area is 102 Å². The van der Waals surface area contributed by atoms with Gasteiger partial charge in [0.2, 0.25) is 0 Å². The van der Waals surface area contributed by atoms with E-state index in [1.807, 2.05) is 19.1 Å². The summed E-state index contributed by atoms with van der Waals surface area (Å²) in [5, 5.41) is 3.45. The van der Waals surface area contributed by atoms with E-state index in [-0.39, 0.29) is 5.82 Å². The van der Waals surface area contributed by atoms with Crippen LogP contribution < -0.4 is 5.32 Å². The van der Waals surface area contributed by atoms with Crippen LogP contribution in [0.3, 0.4) is 0 Å². The van der Waals surface area contributed by atoms with E-state index >= 15 is 0 Å². The zero-order chi connectivity index (χ0) is 11.8. The Morgan fingerprint density at radius 1 is 1.29 bits per heavy atom. The van der Waals surface area contributed by atoms with E-state index < -0.39 is 0 Å². The lowest BCUT2D eigenvalue weighted by Gasteiger charge is -2.17. The standard InChI is InChI=1S/C14H19FN2/c1-10-4-11(2-3-14(10)15)7-17-8-12-5-16-6-13(12)9-17/h2-4,12-13,16H,5-9H2,1H3/t12-,13+. The van der Waals surface area contributed by atoms with Crippen LogP contribution in [-0.2, 0) is 6.54 Å². The molecule has 3 rings (SSSR count). The fourth-order valence-electron chi connectivity index (χ4n) is 3.14. The van der Waals surface area contributed by atoms with Crippen LogP contribution in [0.25, 0.3) is 0 Å². The molecule has 2 heterocycles. The number of aryl methyl sites for hydroxylation is 1. The van der Waals surface area contributed by atoms with Gasteiger partial charge in [0.25, 0.3) is 0 Å². The molecule has 1 N–H and O–H groups in total. The summed E-state index contributed by atoms with van der Waals surface area (Å²) in [6.45, 7) is 7.52. The molecule has 2 aliphatic heterocycles. The van der Waals surface area contributed by atoms with Gasteiger partial charge in [-0.1, -0.05) is 12.1 Å². The Kier molecular flexibility index (Phi) is 2.89. The average Bonchev–Trinajstić information content (AvgIpc) is 2.84. The summed E-state index contributed by atoms with van der Waals surface area (Å²) in [7, 11) is 0. The Balaban J connectivity index is 1.65. The van der Waals surface area contributed by atoms with Gasteiger partial charge in [-0.05, 0) is 49.0 Å². The van der Waals surface area contributed by atoms with Crippen molar-refractivity contribution in [3.05, 3.63) is 35.1 Å². The molecule has 2 saturated heterocycles. The highest BCUT2D eigenvalue weighted by Gasteiger charge is 2.35. The van der Waals surface area contributed by atoms with Crippen LogP contribution >= 0.6 is 0 Å². The van der Waals surface area contributed by atoms with Crippen molar-refractivity contribution in [3.8, 4) is 0 Å². The first-order valence-corrected chi connectivity index (χ1v) is 6.40. The molecule has 2 aliphatic rings. The summed E-state index contributed by atoms with van der Waals surface area (Å²) in [6, 6.07) is 5.47. The van der Waals surface area contributed by atoms with Crippen molar-refractivity contribution in [2.75, 3.05) is 26.2 Å². The number of hydrogen-bond donors (Lipinski definition) is 1. The number of rotatable bonds is 2. The lowest BCUT2D eigenvalue weighted by atomic mass is 10.0. The van der Waals surface area contributed by atoms with Crippen LogP contribution in [0.2, 0.25) is 0 Å². The van der Waals surface area contributed by atoms with Crippen molar-refractivity contribution in [2.24, 2.45) is 11.8 Å². The molecule has 0 radical (unpaired) electrons. The smallest absolute Gasteiger partial charge is 0.126 e. The van der Waals surface area contributed by atoms with E-state index in [0.29, 0.717) is 0 Å². The minimum atomic E-state index is -0.101. The Bertz CT molecular complexity index is 407. The molecule has 2 fully saturated rings. The van der Waals surface area contributed by atoms with Gasteiger partial charge in [0, 0.05) is 19.6 Å². The van der Waals surface area contributed by atoms with E-state index in [0.717, 1.165) is 23.9 Å². The number of hydrogen-bond acceptors (Lipinski definition) is 2. The Hall–Kier alpha value is -0.930. The highest BCUT2D eigenvalue weighted by Crippen LogP contribution is 2.27. The van der Waals surface area contributed by atoms with Gasteiger partial charge in [-0.25, -0.2) is 4.39 Å². The maximum absolute atomic E-state index is 13.2. The molecule has 1 aromatic carbocycles. The predicted octanol–water partition coefficient (Wildman–Crippen LogP) is 1.79. The van der Waals surface area contributed by atoms with Gasteiger partial charge in [-0.15, -0.1) is 0 Å². The normalized spacial score (nSPS) is 28.6. The number of nitrogens with one attached hydrogen (secondary N) is 1. The lowest BCUT2D eigenvalue weighted by molar-refractivity contribution is 0.305. The molecule has 0 bridgehead atoms. The third kappa shape index (κ3) is 2.22. The Morgan fingerprint density at radius 2 is 2.00 bits per heavy atom. The van der Waals surface area contributed by atoms with Crippen LogP contribution in [0, 0.1) is 24.6 Å². The molecule has 3 heteroatoms. The maximum atomic E-state index is 13.2. The first kappa shape index (κ1) is 11.2. The van der Waals surface area contributed by atoms with Gasteiger partial charge < -0.3 is 5.32 Å². The SMILES string of the molecule is Cc1cc(CN2C[C@H]3CNC[C@H]3C2)ccc1F. The van der Waals surface area contributed by atoms with Crippen LogP contribution in [0.4, 0.5) is 4.39 Å². The van der Waals surface area contributed by atoms with Crippen LogP contribution in [-0.4, -0.2) is 31.1 Å². The second-order valence-electron chi connectivity index (χ2n) is 5.46. The molecular formula is C14H19FN2. The van der Waals surface area contributed by atoms with E-state index in [9.17, 15) is 4.39 Å². The molecule has 0 spiro atoms. The van der Waals surface area contributed by atoms with Gasteiger partial charge in [0.1, 0.15) is 5.82 Å². The summed E-state index contributed by atoms with van der Waals surface area (Å²) in [5.41, 5.74) is 1.99. The highest BCUT2D eigenvalue weighted by atomic mass is 19.1. The summed E-state index contributed by atoms with van der Waals surface area (Å²) < 4.78 is 13.2. The Morgan fingerprint density at radius 3 is 2.65 bits per heavy atom. The van der Waals surface area contributed by atoms with Crippen molar-refractivity contribution >= 4 is 0 Å². The number of benzene rings is 1. The van der Waals surface area contributed by atoms with Gasteiger partial charge in [0.05, 0.1) is 0 Å². The summed E-state index contributed by atoms with van der Waals surface area (Å²) in [6.07, 6.45) is 0. The molecule has 0 unspecified atom stereocenters. The summed E-state index contributed by atoms with van der Waals surface area (Å²) >= 11 is 0. The average molecular weight is 234 g/mol. The molecule has 2 nitrogen and oxygen atoms in total. The van der Waals surface area contributed by atoms with Crippen molar-refractivity contribution in [3.63, 3.8) is 0 Å². The van der Waals surface area contributed by atoms with Gasteiger partial charge >= 0.3 is 0 Å².